The van der Waals surface area contributed by atoms with Gasteiger partial charge in [-0.2, -0.15) is 5.10 Å². The summed E-state index contributed by atoms with van der Waals surface area (Å²) >= 11 is 0. The van der Waals surface area contributed by atoms with Crippen LogP contribution < -0.4 is 10.3 Å². The van der Waals surface area contributed by atoms with Crippen LogP contribution in [-0.4, -0.2) is 29.2 Å². The van der Waals surface area contributed by atoms with E-state index in [0.29, 0.717) is 11.6 Å². The number of hydrogen-bond acceptors (Lipinski definition) is 4. The summed E-state index contributed by atoms with van der Waals surface area (Å²) in [5, 5.41) is 4.16. The van der Waals surface area contributed by atoms with Crippen LogP contribution in [0.3, 0.4) is 0 Å². The second-order valence-corrected chi connectivity index (χ2v) is 8.25. The first-order valence-electron chi connectivity index (χ1n) is 10.00. The zero-order valence-electron chi connectivity index (χ0n) is 17.5. The monoisotopic (exact) mass is 378 g/mol. The Labute approximate surface area is 167 Å². The van der Waals surface area contributed by atoms with E-state index in [1.807, 2.05) is 0 Å². The maximum atomic E-state index is 12.1. The number of aryl methyl sites for hydroxylation is 1. The Morgan fingerprint density at radius 1 is 1.39 bits per heavy atom. The molecule has 2 heterocycles. The number of aromatic nitrogens is 1. The molecule has 3 rings (SSSR count). The lowest BCUT2D eigenvalue weighted by atomic mass is 9.79. The highest BCUT2D eigenvalue weighted by atomic mass is 16.2. The van der Waals surface area contributed by atoms with Gasteiger partial charge in [0.1, 0.15) is 5.69 Å². The van der Waals surface area contributed by atoms with Crippen molar-refractivity contribution in [1.29, 1.82) is 0 Å². The number of pyridine rings is 1. The summed E-state index contributed by atoms with van der Waals surface area (Å²) in [5.41, 5.74) is 7.95. The zero-order chi connectivity index (χ0) is 20.3. The number of carbonyl (C=O) groups is 1. The second kappa shape index (κ2) is 8.13. The largest absolute Gasteiger partial charge is 0.366 e. The molecular formula is C23H30N4O. The van der Waals surface area contributed by atoms with Gasteiger partial charge in [-0.1, -0.05) is 19.9 Å². The summed E-state index contributed by atoms with van der Waals surface area (Å²) in [5.74, 6) is 0.172. The molecule has 1 aromatic carbocycles. The first kappa shape index (κ1) is 20.1. The lowest BCUT2D eigenvalue weighted by Gasteiger charge is -2.48. The van der Waals surface area contributed by atoms with E-state index in [4.69, 9.17) is 0 Å². The van der Waals surface area contributed by atoms with Gasteiger partial charge in [0.25, 0.3) is 5.91 Å². The van der Waals surface area contributed by atoms with Crippen LogP contribution in [0.1, 0.15) is 73.6 Å². The average molecular weight is 379 g/mol. The molecule has 148 valence electrons. The van der Waals surface area contributed by atoms with Crippen molar-refractivity contribution in [3.63, 3.8) is 0 Å². The highest BCUT2D eigenvalue weighted by Crippen LogP contribution is 2.44. The maximum Gasteiger partial charge on any atom is 0.289 e. The average Bonchev–Trinajstić information content (AvgIpc) is 2.66. The molecule has 1 unspecified atom stereocenters. The van der Waals surface area contributed by atoms with Crippen LogP contribution in [0.4, 0.5) is 5.69 Å². The van der Waals surface area contributed by atoms with Gasteiger partial charge in [0.2, 0.25) is 0 Å². The topological polar surface area (TPSA) is 57.6 Å². The summed E-state index contributed by atoms with van der Waals surface area (Å²) in [6, 6.07) is 9.72. The molecule has 0 bridgehead atoms. The van der Waals surface area contributed by atoms with E-state index in [9.17, 15) is 4.79 Å². The highest BCUT2D eigenvalue weighted by molar-refractivity contribution is 5.93. The number of nitrogens with zero attached hydrogens (tertiary/aromatic N) is 3. The van der Waals surface area contributed by atoms with Crippen LogP contribution in [-0.2, 0) is 0 Å². The van der Waals surface area contributed by atoms with Crippen molar-refractivity contribution >= 4 is 17.8 Å². The van der Waals surface area contributed by atoms with Gasteiger partial charge in [-0.15, -0.1) is 0 Å². The third-order valence-corrected chi connectivity index (χ3v) is 5.49. The fourth-order valence-corrected chi connectivity index (χ4v) is 4.15. The number of hydrogen-bond donors (Lipinski definition) is 1. The lowest BCUT2D eigenvalue weighted by molar-refractivity contribution is 0.0950. The van der Waals surface area contributed by atoms with Gasteiger partial charge in [-0.05, 0) is 80.5 Å². The van der Waals surface area contributed by atoms with Crippen molar-refractivity contribution in [2.75, 3.05) is 11.4 Å². The Morgan fingerprint density at radius 3 is 2.86 bits per heavy atom. The summed E-state index contributed by atoms with van der Waals surface area (Å²) in [7, 11) is 0. The third-order valence-electron chi connectivity index (χ3n) is 5.49. The van der Waals surface area contributed by atoms with Crippen molar-refractivity contribution < 1.29 is 4.79 Å². The molecule has 1 atom stereocenters. The summed E-state index contributed by atoms with van der Waals surface area (Å²) in [6.07, 6.45) is 5.57. The Kier molecular flexibility index (Phi) is 5.82. The quantitative estimate of drug-likeness (QED) is 0.608. The Morgan fingerprint density at radius 2 is 2.18 bits per heavy atom. The van der Waals surface area contributed by atoms with Crippen molar-refractivity contribution in [2.24, 2.45) is 5.10 Å². The maximum absolute atomic E-state index is 12.1. The lowest BCUT2D eigenvalue weighted by Crippen LogP contribution is -2.48. The summed E-state index contributed by atoms with van der Waals surface area (Å²) < 4.78 is 0. The van der Waals surface area contributed by atoms with Gasteiger partial charge >= 0.3 is 0 Å². The van der Waals surface area contributed by atoms with Gasteiger partial charge in [-0.3, -0.25) is 9.78 Å². The van der Waals surface area contributed by atoms with Gasteiger partial charge in [0, 0.05) is 24.0 Å². The molecule has 2 aromatic rings. The molecule has 28 heavy (non-hydrogen) atoms. The normalized spacial score (nSPS) is 18.2. The van der Waals surface area contributed by atoms with Gasteiger partial charge in [0.15, 0.2) is 0 Å². The molecule has 0 saturated carbocycles. The molecule has 0 spiro atoms. The molecule has 5 heteroatoms. The van der Waals surface area contributed by atoms with Crippen LogP contribution >= 0.6 is 0 Å². The Hall–Kier alpha value is -2.69. The Balaban J connectivity index is 1.84. The van der Waals surface area contributed by atoms with Gasteiger partial charge < -0.3 is 4.90 Å². The molecule has 1 aliphatic heterocycles. The van der Waals surface area contributed by atoms with Crippen LogP contribution in [0, 0.1) is 6.92 Å². The molecule has 1 amide bonds. The molecule has 1 aliphatic rings. The SMILES string of the molecule is CCCN1c2cc(C)c(/C=N\NC(=O)c3ccccn3)cc2C(C)CC1(C)C. The Bertz CT molecular complexity index is 874. The molecule has 0 fully saturated rings. The van der Waals surface area contributed by atoms with Crippen LogP contribution in [0.5, 0.6) is 0 Å². The van der Waals surface area contributed by atoms with Crippen molar-refractivity contribution in [1.82, 2.24) is 10.4 Å². The molecule has 5 nitrogen and oxygen atoms in total. The minimum Gasteiger partial charge on any atom is -0.366 e. The van der Waals surface area contributed by atoms with Crippen LogP contribution in [0.25, 0.3) is 0 Å². The molecule has 0 saturated heterocycles. The first-order chi connectivity index (χ1) is 13.3. The number of carbonyl (C=O) groups excluding carboxylic acids is 1. The van der Waals surface area contributed by atoms with Crippen molar-refractivity contribution in [2.45, 2.75) is 58.9 Å². The van der Waals surface area contributed by atoms with Crippen molar-refractivity contribution in [3.05, 3.63) is 58.9 Å². The van der Waals surface area contributed by atoms with E-state index in [1.54, 1.807) is 30.6 Å². The predicted molar refractivity (Wildman–Crippen MR) is 115 cm³/mol. The van der Waals surface area contributed by atoms with Gasteiger partial charge in [0.05, 0.1) is 6.21 Å². The first-order valence-corrected chi connectivity index (χ1v) is 10.00. The molecule has 1 N–H and O–H groups in total. The minimum atomic E-state index is -0.309. The summed E-state index contributed by atoms with van der Waals surface area (Å²) in [6.45, 7) is 12.3. The van der Waals surface area contributed by atoms with E-state index in [2.05, 4.69) is 67.2 Å². The number of fused-ring (bicyclic) bond motifs is 1. The van der Waals surface area contributed by atoms with Crippen LogP contribution in [0.15, 0.2) is 41.6 Å². The predicted octanol–water partition coefficient (Wildman–Crippen LogP) is 4.66. The number of rotatable bonds is 5. The van der Waals surface area contributed by atoms with Crippen molar-refractivity contribution in [3.8, 4) is 0 Å². The van der Waals surface area contributed by atoms with E-state index >= 15 is 0 Å². The molecular weight excluding hydrogens is 348 g/mol. The number of benzene rings is 1. The number of anilines is 1. The standard InChI is InChI=1S/C23H30N4O/c1-6-11-27-21-12-16(2)18(13-19(21)17(3)14-23(27,4)5)15-25-26-22(28)20-9-7-8-10-24-20/h7-10,12-13,15,17H,6,11,14H2,1-5H3,(H,26,28)/b25-15-. The number of nitrogens with one attached hydrogen (secondary N) is 1. The fraction of sp³-hybridized carbons (Fsp3) is 0.435. The molecule has 0 aliphatic carbocycles. The second-order valence-electron chi connectivity index (χ2n) is 8.25. The smallest absolute Gasteiger partial charge is 0.289 e. The number of amides is 1. The molecule has 1 aromatic heterocycles. The van der Waals surface area contributed by atoms with E-state index in [0.717, 1.165) is 30.5 Å². The third kappa shape index (κ3) is 4.08. The van der Waals surface area contributed by atoms with Crippen LogP contribution in [0.2, 0.25) is 0 Å². The van der Waals surface area contributed by atoms with E-state index in [-0.39, 0.29) is 11.4 Å². The zero-order valence-corrected chi connectivity index (χ0v) is 17.5. The fourth-order valence-electron chi connectivity index (χ4n) is 4.15. The van der Waals surface area contributed by atoms with Gasteiger partial charge in [-0.25, -0.2) is 5.43 Å². The van der Waals surface area contributed by atoms with E-state index < -0.39 is 0 Å². The molecule has 0 radical (unpaired) electrons. The highest BCUT2D eigenvalue weighted by Gasteiger charge is 2.36. The van der Waals surface area contributed by atoms with E-state index in [1.165, 1.54) is 11.3 Å². The summed E-state index contributed by atoms with van der Waals surface area (Å²) in [4.78, 5) is 18.7. The number of hydrazone groups is 1. The minimum absolute atomic E-state index is 0.154.